The van der Waals surface area contributed by atoms with Gasteiger partial charge in [0.1, 0.15) is 17.2 Å². The molecule has 1 saturated heterocycles. The lowest BCUT2D eigenvalue weighted by molar-refractivity contribution is 0.0572. The van der Waals surface area contributed by atoms with Gasteiger partial charge in [0.15, 0.2) is 6.29 Å². The zero-order chi connectivity index (χ0) is 22.1. The molecule has 166 valence electrons. The van der Waals surface area contributed by atoms with Crippen molar-refractivity contribution >= 4 is 12.2 Å². The molecule has 1 aliphatic heterocycles. The SMILES string of the molecule is CCOCCc1cccnc1C(=O)N1CCCC[C@H]1CCOc1cccc(O)c1C=O. The van der Waals surface area contributed by atoms with Gasteiger partial charge in [-0.2, -0.15) is 0 Å². The Bertz CT molecular complexity index is 886. The van der Waals surface area contributed by atoms with Gasteiger partial charge in [-0.1, -0.05) is 12.1 Å². The number of aldehydes is 1. The second-order valence-corrected chi connectivity index (χ2v) is 7.55. The number of phenols is 1. The number of phenolic OH excluding ortho intramolecular Hbond substituents is 1. The summed E-state index contributed by atoms with van der Waals surface area (Å²) < 4.78 is 11.2. The number of carbonyl (C=O) groups is 2. The summed E-state index contributed by atoms with van der Waals surface area (Å²) in [6.45, 7) is 4.19. The second kappa shape index (κ2) is 11.5. The molecule has 0 aliphatic carbocycles. The fourth-order valence-corrected chi connectivity index (χ4v) is 3.95. The molecule has 0 unspecified atom stereocenters. The number of aromatic nitrogens is 1. The molecule has 1 N–H and O–H groups in total. The first-order valence-electron chi connectivity index (χ1n) is 10.9. The molecular weight excluding hydrogens is 396 g/mol. The average molecular weight is 427 g/mol. The van der Waals surface area contributed by atoms with Gasteiger partial charge >= 0.3 is 0 Å². The first-order chi connectivity index (χ1) is 15.2. The van der Waals surface area contributed by atoms with E-state index in [1.165, 1.54) is 6.07 Å². The maximum absolute atomic E-state index is 13.3. The molecule has 1 amide bonds. The lowest BCUT2D eigenvalue weighted by Crippen LogP contribution is -2.45. The van der Waals surface area contributed by atoms with Crippen LogP contribution >= 0.6 is 0 Å². The molecule has 0 bridgehead atoms. The molecule has 1 fully saturated rings. The maximum Gasteiger partial charge on any atom is 0.272 e. The van der Waals surface area contributed by atoms with Crippen molar-refractivity contribution in [2.45, 2.75) is 45.1 Å². The summed E-state index contributed by atoms with van der Waals surface area (Å²) in [5, 5.41) is 9.80. The molecule has 3 rings (SSSR count). The van der Waals surface area contributed by atoms with Crippen LogP contribution in [0.15, 0.2) is 36.5 Å². The number of likely N-dealkylation sites (tertiary alicyclic amines) is 1. The number of hydrogen-bond acceptors (Lipinski definition) is 6. The number of rotatable bonds is 10. The highest BCUT2D eigenvalue weighted by molar-refractivity contribution is 5.94. The van der Waals surface area contributed by atoms with Gasteiger partial charge in [-0.15, -0.1) is 0 Å². The molecule has 1 aromatic heterocycles. The highest BCUT2D eigenvalue weighted by Gasteiger charge is 2.29. The molecule has 7 heteroatoms. The van der Waals surface area contributed by atoms with E-state index in [-0.39, 0.29) is 23.3 Å². The van der Waals surface area contributed by atoms with E-state index >= 15 is 0 Å². The van der Waals surface area contributed by atoms with Gasteiger partial charge in [-0.25, -0.2) is 0 Å². The van der Waals surface area contributed by atoms with Crippen molar-refractivity contribution in [3.63, 3.8) is 0 Å². The fourth-order valence-electron chi connectivity index (χ4n) is 3.95. The number of hydrogen-bond donors (Lipinski definition) is 1. The highest BCUT2D eigenvalue weighted by Crippen LogP contribution is 2.27. The zero-order valence-electron chi connectivity index (χ0n) is 18.0. The number of aromatic hydroxyl groups is 1. The molecule has 7 nitrogen and oxygen atoms in total. The van der Waals surface area contributed by atoms with Crippen molar-refractivity contribution in [3.05, 3.63) is 53.3 Å². The van der Waals surface area contributed by atoms with Crippen LogP contribution in [0.4, 0.5) is 0 Å². The molecule has 2 heterocycles. The summed E-state index contributed by atoms with van der Waals surface area (Å²) in [6.07, 6.45) is 6.45. The lowest BCUT2D eigenvalue weighted by Gasteiger charge is -2.36. The van der Waals surface area contributed by atoms with Crippen LogP contribution in [0.2, 0.25) is 0 Å². The standard InChI is InChI=1S/C24H30N2O5/c1-2-30-15-11-18-7-6-13-25-23(18)24(29)26-14-4-3-8-19(26)12-16-31-22-10-5-9-21(28)20(22)17-27/h5-7,9-10,13,17,19,28H,2-4,8,11-12,14-16H2,1H3/t19-/m0/s1. The summed E-state index contributed by atoms with van der Waals surface area (Å²) >= 11 is 0. The Kier molecular flexibility index (Phi) is 8.41. The van der Waals surface area contributed by atoms with E-state index in [1.807, 2.05) is 24.0 Å². The fraction of sp³-hybridized carbons (Fsp3) is 0.458. The Labute approximate surface area is 183 Å². The minimum atomic E-state index is -0.100. The molecule has 1 aliphatic rings. The molecule has 0 radical (unpaired) electrons. The molecule has 31 heavy (non-hydrogen) atoms. The average Bonchev–Trinajstić information content (AvgIpc) is 2.79. The first kappa shape index (κ1) is 22.7. The van der Waals surface area contributed by atoms with Gasteiger partial charge in [0.2, 0.25) is 0 Å². The van der Waals surface area contributed by atoms with Gasteiger partial charge in [-0.3, -0.25) is 14.6 Å². The van der Waals surface area contributed by atoms with Crippen molar-refractivity contribution in [3.8, 4) is 11.5 Å². The number of piperidine rings is 1. The number of carbonyl (C=O) groups excluding carboxylic acids is 2. The largest absolute Gasteiger partial charge is 0.507 e. The van der Waals surface area contributed by atoms with E-state index in [0.29, 0.717) is 56.9 Å². The van der Waals surface area contributed by atoms with Gasteiger partial charge < -0.3 is 19.5 Å². The third-order valence-electron chi connectivity index (χ3n) is 5.57. The normalized spacial score (nSPS) is 16.2. The van der Waals surface area contributed by atoms with E-state index in [0.717, 1.165) is 24.8 Å². The number of nitrogens with zero attached hydrogens (tertiary/aromatic N) is 2. The van der Waals surface area contributed by atoms with Crippen molar-refractivity contribution < 1.29 is 24.2 Å². The topological polar surface area (TPSA) is 89.0 Å². The summed E-state index contributed by atoms with van der Waals surface area (Å²) in [5.74, 6) is 0.200. The Morgan fingerprint density at radius 2 is 2.13 bits per heavy atom. The molecule has 0 saturated carbocycles. The smallest absolute Gasteiger partial charge is 0.272 e. The Morgan fingerprint density at radius 3 is 2.94 bits per heavy atom. The van der Waals surface area contributed by atoms with Crippen LogP contribution in [0, 0.1) is 0 Å². The van der Waals surface area contributed by atoms with E-state index in [9.17, 15) is 14.7 Å². The predicted octanol–water partition coefficient (Wildman–Crippen LogP) is 3.64. The monoisotopic (exact) mass is 426 g/mol. The zero-order valence-corrected chi connectivity index (χ0v) is 18.0. The molecule has 1 atom stereocenters. The van der Waals surface area contributed by atoms with Gasteiger partial charge in [0.05, 0.1) is 18.8 Å². The summed E-state index contributed by atoms with van der Waals surface area (Å²) in [7, 11) is 0. The predicted molar refractivity (Wildman–Crippen MR) is 117 cm³/mol. The van der Waals surface area contributed by atoms with Gasteiger partial charge in [-0.05, 0) is 56.4 Å². The lowest BCUT2D eigenvalue weighted by atomic mass is 9.98. The summed E-state index contributed by atoms with van der Waals surface area (Å²) in [5.41, 5.74) is 1.54. The van der Waals surface area contributed by atoms with Crippen LogP contribution in [-0.4, -0.2) is 59.6 Å². The first-order valence-corrected chi connectivity index (χ1v) is 10.9. The second-order valence-electron chi connectivity index (χ2n) is 7.55. The van der Waals surface area contributed by atoms with Gasteiger partial charge in [0, 0.05) is 31.8 Å². The van der Waals surface area contributed by atoms with Crippen LogP contribution in [0.3, 0.4) is 0 Å². The molecule has 0 spiro atoms. The van der Waals surface area contributed by atoms with Crippen molar-refractivity contribution in [2.75, 3.05) is 26.4 Å². The maximum atomic E-state index is 13.3. The van der Waals surface area contributed by atoms with Crippen LogP contribution in [0.5, 0.6) is 11.5 Å². The van der Waals surface area contributed by atoms with Crippen LogP contribution in [0.1, 0.15) is 59.0 Å². The number of benzene rings is 1. The quantitative estimate of drug-likeness (QED) is 0.461. The third kappa shape index (κ3) is 5.82. The number of amides is 1. The van der Waals surface area contributed by atoms with Gasteiger partial charge in [0.25, 0.3) is 5.91 Å². The Hall–Kier alpha value is -2.93. The Balaban J connectivity index is 1.66. The van der Waals surface area contributed by atoms with E-state index in [2.05, 4.69) is 4.98 Å². The minimum absolute atomic E-state index is 0.0417. The van der Waals surface area contributed by atoms with Crippen molar-refractivity contribution in [1.29, 1.82) is 0 Å². The Morgan fingerprint density at radius 1 is 1.26 bits per heavy atom. The number of ether oxygens (including phenoxy) is 2. The summed E-state index contributed by atoms with van der Waals surface area (Å²) in [4.78, 5) is 30.9. The minimum Gasteiger partial charge on any atom is -0.507 e. The summed E-state index contributed by atoms with van der Waals surface area (Å²) in [6, 6.07) is 8.57. The van der Waals surface area contributed by atoms with E-state index in [4.69, 9.17) is 9.47 Å². The molecule has 2 aromatic rings. The molecular formula is C24H30N2O5. The number of pyridine rings is 1. The van der Waals surface area contributed by atoms with Crippen molar-refractivity contribution in [1.82, 2.24) is 9.88 Å². The third-order valence-corrected chi connectivity index (χ3v) is 5.57. The van der Waals surface area contributed by atoms with Crippen molar-refractivity contribution in [2.24, 2.45) is 0 Å². The van der Waals surface area contributed by atoms with Crippen LogP contribution < -0.4 is 4.74 Å². The van der Waals surface area contributed by atoms with Crippen LogP contribution in [-0.2, 0) is 11.2 Å². The van der Waals surface area contributed by atoms with E-state index < -0.39 is 0 Å². The van der Waals surface area contributed by atoms with E-state index in [1.54, 1.807) is 18.3 Å². The highest BCUT2D eigenvalue weighted by atomic mass is 16.5. The molecule has 1 aromatic carbocycles. The van der Waals surface area contributed by atoms with Crippen LogP contribution in [0.25, 0.3) is 0 Å².